The molecule has 7 heteroatoms. The van der Waals surface area contributed by atoms with Crippen LogP contribution in [0, 0.1) is 11.8 Å². The molecule has 2 unspecified atom stereocenters. The van der Waals surface area contributed by atoms with Gasteiger partial charge in [-0.25, -0.2) is 0 Å². The fraction of sp³-hybridized carbons (Fsp3) is 0.381. The fourth-order valence-corrected chi connectivity index (χ4v) is 2.88. The first kappa shape index (κ1) is 21.2. The van der Waals surface area contributed by atoms with Gasteiger partial charge in [0.25, 0.3) is 5.91 Å². The molecule has 0 spiro atoms. The van der Waals surface area contributed by atoms with Gasteiger partial charge in [0.15, 0.2) is 5.76 Å². The van der Waals surface area contributed by atoms with Crippen molar-refractivity contribution in [2.24, 2.45) is 11.8 Å². The van der Waals surface area contributed by atoms with Gasteiger partial charge < -0.3 is 20.2 Å². The quantitative estimate of drug-likeness (QED) is 0.581. The summed E-state index contributed by atoms with van der Waals surface area (Å²) in [7, 11) is 0. The van der Waals surface area contributed by atoms with Crippen LogP contribution >= 0.6 is 0 Å². The first-order valence-electron chi connectivity index (χ1n) is 9.25. The van der Waals surface area contributed by atoms with Gasteiger partial charge >= 0.3 is 5.97 Å². The summed E-state index contributed by atoms with van der Waals surface area (Å²) in [6, 6.07) is 11.5. The van der Waals surface area contributed by atoms with Crippen molar-refractivity contribution < 1.29 is 23.9 Å². The summed E-state index contributed by atoms with van der Waals surface area (Å²) in [4.78, 5) is 36.4. The third kappa shape index (κ3) is 6.57. The molecule has 2 amide bonds. The van der Waals surface area contributed by atoms with E-state index in [0.29, 0.717) is 6.42 Å². The standard InChI is InChI=1S/C21H26N2O5/c1-14(2)11-16(21(26)27)13-22-19(24)17(12-15-7-4-3-5-8-15)23-20(25)18-9-6-10-28-18/h3-10,14,16-17H,11-13H2,1-2H3,(H,22,24)(H,23,25)(H,26,27). The molecule has 150 valence electrons. The van der Waals surface area contributed by atoms with Crippen molar-refractivity contribution in [2.75, 3.05) is 6.54 Å². The Kier molecular flexibility index (Phi) is 7.80. The average molecular weight is 386 g/mol. The Balaban J connectivity index is 2.07. The van der Waals surface area contributed by atoms with E-state index in [1.165, 1.54) is 12.3 Å². The van der Waals surface area contributed by atoms with Gasteiger partial charge in [-0.3, -0.25) is 14.4 Å². The summed E-state index contributed by atoms with van der Waals surface area (Å²) in [6.45, 7) is 3.87. The largest absolute Gasteiger partial charge is 0.481 e. The molecule has 1 heterocycles. The number of rotatable bonds is 10. The van der Waals surface area contributed by atoms with E-state index >= 15 is 0 Å². The highest BCUT2D eigenvalue weighted by molar-refractivity contribution is 5.95. The number of carbonyl (C=O) groups excluding carboxylic acids is 2. The Bertz CT molecular complexity index is 771. The smallest absolute Gasteiger partial charge is 0.308 e. The highest BCUT2D eigenvalue weighted by Gasteiger charge is 2.25. The van der Waals surface area contributed by atoms with Crippen LogP contribution in [-0.2, 0) is 16.0 Å². The Labute approximate surface area is 164 Å². The van der Waals surface area contributed by atoms with Crippen LogP contribution in [0.3, 0.4) is 0 Å². The maximum atomic E-state index is 12.7. The van der Waals surface area contributed by atoms with Crippen LogP contribution < -0.4 is 10.6 Å². The Hall–Kier alpha value is -3.09. The van der Waals surface area contributed by atoms with Crippen molar-refractivity contribution in [3.05, 3.63) is 60.1 Å². The highest BCUT2D eigenvalue weighted by Crippen LogP contribution is 2.12. The number of amides is 2. The molecular formula is C21H26N2O5. The summed E-state index contributed by atoms with van der Waals surface area (Å²) in [5, 5.41) is 14.7. The molecular weight excluding hydrogens is 360 g/mol. The molecule has 0 aliphatic carbocycles. The molecule has 1 aromatic carbocycles. The van der Waals surface area contributed by atoms with Crippen LogP contribution in [0.1, 0.15) is 36.4 Å². The van der Waals surface area contributed by atoms with Gasteiger partial charge in [0.05, 0.1) is 12.2 Å². The van der Waals surface area contributed by atoms with Crippen molar-refractivity contribution in [3.63, 3.8) is 0 Å². The Morgan fingerprint density at radius 1 is 1.07 bits per heavy atom. The molecule has 0 aliphatic heterocycles. The monoisotopic (exact) mass is 386 g/mol. The summed E-state index contributed by atoms with van der Waals surface area (Å²) in [5.41, 5.74) is 0.874. The lowest BCUT2D eigenvalue weighted by molar-refractivity contribution is -0.142. The third-order valence-corrected chi connectivity index (χ3v) is 4.28. The van der Waals surface area contributed by atoms with E-state index in [-0.39, 0.29) is 24.6 Å². The maximum Gasteiger partial charge on any atom is 0.308 e. The van der Waals surface area contributed by atoms with Crippen molar-refractivity contribution in [1.29, 1.82) is 0 Å². The van der Waals surface area contributed by atoms with Crippen molar-refractivity contribution in [2.45, 2.75) is 32.7 Å². The second kappa shape index (κ2) is 10.3. The zero-order valence-electron chi connectivity index (χ0n) is 16.1. The van der Waals surface area contributed by atoms with E-state index in [1.54, 1.807) is 6.07 Å². The number of hydrogen-bond acceptors (Lipinski definition) is 4. The van der Waals surface area contributed by atoms with E-state index < -0.39 is 29.7 Å². The number of aliphatic carboxylic acids is 1. The zero-order chi connectivity index (χ0) is 20.5. The molecule has 28 heavy (non-hydrogen) atoms. The molecule has 0 bridgehead atoms. The van der Waals surface area contributed by atoms with Crippen LogP contribution in [0.4, 0.5) is 0 Å². The number of carboxylic acids is 1. The summed E-state index contributed by atoms with van der Waals surface area (Å²) in [6.07, 6.45) is 2.11. The van der Waals surface area contributed by atoms with E-state index in [2.05, 4.69) is 10.6 Å². The predicted octanol–water partition coefficient (Wildman–Crippen LogP) is 2.48. The summed E-state index contributed by atoms with van der Waals surface area (Å²) < 4.78 is 5.08. The topological polar surface area (TPSA) is 109 Å². The zero-order valence-corrected chi connectivity index (χ0v) is 16.1. The van der Waals surface area contributed by atoms with Gasteiger partial charge in [-0.05, 0) is 30.0 Å². The number of nitrogens with one attached hydrogen (secondary N) is 2. The van der Waals surface area contributed by atoms with E-state index in [0.717, 1.165) is 5.56 Å². The van der Waals surface area contributed by atoms with E-state index in [9.17, 15) is 19.5 Å². The van der Waals surface area contributed by atoms with Gasteiger partial charge in [-0.15, -0.1) is 0 Å². The Morgan fingerprint density at radius 3 is 2.36 bits per heavy atom. The summed E-state index contributed by atoms with van der Waals surface area (Å²) >= 11 is 0. The third-order valence-electron chi connectivity index (χ3n) is 4.28. The number of carbonyl (C=O) groups is 3. The van der Waals surface area contributed by atoms with Crippen molar-refractivity contribution >= 4 is 17.8 Å². The number of benzene rings is 1. The van der Waals surface area contributed by atoms with E-state index in [1.807, 2.05) is 44.2 Å². The minimum Gasteiger partial charge on any atom is -0.481 e. The lowest BCUT2D eigenvalue weighted by Crippen LogP contribution is -2.49. The molecule has 2 atom stereocenters. The molecule has 2 rings (SSSR count). The second-order valence-corrected chi connectivity index (χ2v) is 7.10. The van der Waals surface area contributed by atoms with Crippen molar-refractivity contribution in [1.82, 2.24) is 10.6 Å². The molecule has 0 radical (unpaired) electrons. The normalized spacial score (nSPS) is 13.0. The first-order chi connectivity index (χ1) is 13.4. The lowest BCUT2D eigenvalue weighted by Gasteiger charge is -2.20. The van der Waals surface area contributed by atoms with Crippen LogP contribution in [0.5, 0.6) is 0 Å². The Morgan fingerprint density at radius 2 is 1.79 bits per heavy atom. The fourth-order valence-electron chi connectivity index (χ4n) is 2.88. The van der Waals surface area contributed by atoms with Gasteiger partial charge in [-0.2, -0.15) is 0 Å². The first-order valence-corrected chi connectivity index (χ1v) is 9.25. The molecule has 0 fully saturated rings. The van der Waals surface area contributed by atoms with Crippen LogP contribution in [0.2, 0.25) is 0 Å². The van der Waals surface area contributed by atoms with Gasteiger partial charge in [0.2, 0.25) is 5.91 Å². The minimum atomic E-state index is -0.951. The average Bonchev–Trinajstić information content (AvgIpc) is 3.19. The SMILES string of the molecule is CC(C)CC(CNC(=O)C(Cc1ccccc1)NC(=O)c1ccco1)C(=O)O. The molecule has 2 aromatic rings. The number of furan rings is 1. The number of hydrogen-bond donors (Lipinski definition) is 3. The molecule has 0 aliphatic rings. The van der Waals surface area contributed by atoms with Crippen LogP contribution in [-0.4, -0.2) is 35.5 Å². The van der Waals surface area contributed by atoms with Gasteiger partial charge in [0.1, 0.15) is 6.04 Å². The number of carboxylic acid groups (broad SMARTS) is 1. The second-order valence-electron chi connectivity index (χ2n) is 7.10. The predicted molar refractivity (Wildman–Crippen MR) is 104 cm³/mol. The minimum absolute atomic E-state index is 0.00819. The highest BCUT2D eigenvalue weighted by atomic mass is 16.4. The lowest BCUT2D eigenvalue weighted by atomic mass is 9.97. The maximum absolute atomic E-state index is 12.7. The van der Waals surface area contributed by atoms with Crippen LogP contribution in [0.25, 0.3) is 0 Å². The molecule has 1 aromatic heterocycles. The van der Waals surface area contributed by atoms with Crippen LogP contribution in [0.15, 0.2) is 53.1 Å². The molecule has 3 N–H and O–H groups in total. The van der Waals surface area contributed by atoms with Gasteiger partial charge in [0, 0.05) is 13.0 Å². The molecule has 7 nitrogen and oxygen atoms in total. The van der Waals surface area contributed by atoms with Crippen molar-refractivity contribution in [3.8, 4) is 0 Å². The van der Waals surface area contributed by atoms with E-state index in [4.69, 9.17) is 4.42 Å². The molecule has 0 saturated heterocycles. The van der Waals surface area contributed by atoms with Gasteiger partial charge in [-0.1, -0.05) is 44.2 Å². The summed E-state index contributed by atoms with van der Waals surface area (Å²) in [5.74, 6) is -2.27. The molecule has 0 saturated carbocycles.